The summed E-state index contributed by atoms with van der Waals surface area (Å²) >= 11 is 0. The molecule has 0 aliphatic carbocycles. The van der Waals surface area contributed by atoms with Crippen LogP contribution in [0.4, 0.5) is 0 Å². The van der Waals surface area contributed by atoms with Crippen LogP contribution in [0.2, 0.25) is 0 Å². The Kier molecular flexibility index (Phi) is 5.51. The molecule has 0 bridgehead atoms. The summed E-state index contributed by atoms with van der Waals surface area (Å²) in [5.74, 6) is -0.435. The predicted octanol–water partition coefficient (Wildman–Crippen LogP) is 0.0453. The molecule has 0 fully saturated rings. The van der Waals surface area contributed by atoms with Crippen LogP contribution < -0.4 is 5.73 Å². The second kappa shape index (κ2) is 3.90. The van der Waals surface area contributed by atoms with Gasteiger partial charge in [-0.05, 0) is 6.92 Å². The minimum absolute atomic E-state index is 0. The Morgan fingerprint density at radius 2 is 1.86 bits per heavy atom. The molecule has 0 unspecified atom stereocenters. The van der Waals surface area contributed by atoms with Gasteiger partial charge in [0.15, 0.2) is 0 Å². The molecule has 45 valence electrons. The summed E-state index contributed by atoms with van der Waals surface area (Å²) in [6.07, 6.45) is 0. The molecule has 0 rings (SSSR count). The van der Waals surface area contributed by atoms with E-state index in [0.29, 0.717) is 5.57 Å². The third-order valence-corrected chi connectivity index (χ3v) is 0.421. The number of rotatable bonds is 1. The van der Waals surface area contributed by atoms with E-state index in [0.717, 1.165) is 0 Å². The Hall–Kier alpha value is -0.271. The van der Waals surface area contributed by atoms with Crippen molar-refractivity contribution in [1.82, 2.24) is 0 Å². The summed E-state index contributed by atoms with van der Waals surface area (Å²) in [5.41, 5.74) is 5.09. The summed E-state index contributed by atoms with van der Waals surface area (Å²) in [6.45, 7) is 4.85. The van der Waals surface area contributed by atoms with Gasteiger partial charge in [-0.25, -0.2) is 0 Å². The molecule has 0 aromatic rings. The van der Waals surface area contributed by atoms with Gasteiger partial charge in [0.2, 0.25) is 5.91 Å². The van der Waals surface area contributed by atoms with Gasteiger partial charge in [-0.1, -0.05) is 6.58 Å². The van der Waals surface area contributed by atoms with Gasteiger partial charge in [0.25, 0.3) is 0 Å². The molecule has 0 aromatic carbocycles. The van der Waals surface area contributed by atoms with Crippen LogP contribution in [0.25, 0.3) is 0 Å². The maximum absolute atomic E-state index is 9.82. The molecule has 0 spiro atoms. The van der Waals surface area contributed by atoms with Gasteiger partial charge in [-0.2, -0.15) is 0 Å². The van der Waals surface area contributed by atoms with Crippen molar-refractivity contribution < 1.29 is 21.9 Å². The van der Waals surface area contributed by atoms with E-state index in [1.807, 2.05) is 0 Å². The van der Waals surface area contributed by atoms with Gasteiger partial charge in [-0.3, -0.25) is 4.79 Å². The van der Waals surface area contributed by atoms with Crippen molar-refractivity contribution in [2.24, 2.45) is 5.73 Å². The molecule has 3 heteroatoms. The number of primary amides is 1. The quantitative estimate of drug-likeness (QED) is 0.414. The Balaban J connectivity index is 0. The molecule has 0 aliphatic heterocycles. The van der Waals surface area contributed by atoms with E-state index in [1.165, 1.54) is 0 Å². The maximum atomic E-state index is 9.82. The largest absolute Gasteiger partial charge is 0.366 e. The van der Waals surface area contributed by atoms with Crippen LogP contribution >= 0.6 is 0 Å². The van der Waals surface area contributed by atoms with Gasteiger partial charge < -0.3 is 5.73 Å². The molecule has 1 radical (unpaired) electrons. The van der Waals surface area contributed by atoms with E-state index in [4.69, 9.17) is 5.73 Å². The Morgan fingerprint density at radius 3 is 1.86 bits per heavy atom. The average molecular weight is 149 g/mol. The predicted molar refractivity (Wildman–Crippen MR) is 24.0 cm³/mol. The third-order valence-electron chi connectivity index (χ3n) is 0.421. The fourth-order valence-electron chi connectivity index (χ4n) is 0. The monoisotopic (exact) mass is 148 g/mol. The number of nitrogens with two attached hydrogens (primary N) is 1. The standard InChI is InChI=1S/C4H7NO.Cu/c1-3(2)4(5)6;/h1H2,2H3,(H2,5,6);. The van der Waals surface area contributed by atoms with Crippen LogP contribution in [0.15, 0.2) is 12.2 Å². The van der Waals surface area contributed by atoms with Crippen molar-refractivity contribution in [1.29, 1.82) is 0 Å². The van der Waals surface area contributed by atoms with E-state index in [9.17, 15) is 4.79 Å². The first-order chi connectivity index (χ1) is 2.64. The van der Waals surface area contributed by atoms with Crippen LogP contribution in [0.5, 0.6) is 0 Å². The van der Waals surface area contributed by atoms with E-state index in [-0.39, 0.29) is 17.1 Å². The zero-order valence-corrected chi connectivity index (χ0v) is 4.94. The van der Waals surface area contributed by atoms with E-state index in [1.54, 1.807) is 6.92 Å². The van der Waals surface area contributed by atoms with Gasteiger partial charge in [0, 0.05) is 22.6 Å². The first kappa shape index (κ1) is 9.88. The van der Waals surface area contributed by atoms with Crippen LogP contribution in [0, 0.1) is 0 Å². The van der Waals surface area contributed by atoms with Crippen molar-refractivity contribution >= 4 is 5.91 Å². The van der Waals surface area contributed by atoms with Crippen LogP contribution in [-0.4, -0.2) is 5.91 Å². The maximum Gasteiger partial charge on any atom is 0.243 e. The van der Waals surface area contributed by atoms with E-state index >= 15 is 0 Å². The molecule has 0 saturated heterocycles. The van der Waals surface area contributed by atoms with Gasteiger partial charge in [-0.15, -0.1) is 0 Å². The fourth-order valence-corrected chi connectivity index (χ4v) is 0. The molecular formula is C4H7CuNO. The first-order valence-electron chi connectivity index (χ1n) is 1.60. The summed E-state index contributed by atoms with van der Waals surface area (Å²) in [4.78, 5) is 9.82. The van der Waals surface area contributed by atoms with Crippen molar-refractivity contribution in [2.75, 3.05) is 0 Å². The van der Waals surface area contributed by atoms with Crippen molar-refractivity contribution in [3.05, 3.63) is 12.2 Å². The third kappa shape index (κ3) is 5.73. The molecule has 0 aromatic heterocycles. The van der Waals surface area contributed by atoms with Gasteiger partial charge in [0.05, 0.1) is 0 Å². The number of hydrogen-bond donors (Lipinski definition) is 1. The number of hydrogen-bond acceptors (Lipinski definition) is 1. The molecular weight excluding hydrogens is 142 g/mol. The minimum atomic E-state index is -0.435. The van der Waals surface area contributed by atoms with Gasteiger partial charge in [0.1, 0.15) is 0 Å². The van der Waals surface area contributed by atoms with Crippen molar-refractivity contribution in [3.8, 4) is 0 Å². The number of carbonyl (C=O) groups excluding carboxylic acids is 1. The van der Waals surface area contributed by atoms with Crippen LogP contribution in [0.1, 0.15) is 6.92 Å². The molecule has 1 amide bonds. The Labute approximate surface area is 53.2 Å². The van der Waals surface area contributed by atoms with Crippen LogP contribution in [-0.2, 0) is 21.9 Å². The molecule has 0 heterocycles. The van der Waals surface area contributed by atoms with Crippen LogP contribution in [0.3, 0.4) is 0 Å². The average Bonchev–Trinajstić information content (AvgIpc) is 1.36. The molecule has 0 atom stereocenters. The minimum Gasteiger partial charge on any atom is -0.366 e. The molecule has 2 nitrogen and oxygen atoms in total. The Morgan fingerprint density at radius 1 is 1.71 bits per heavy atom. The molecule has 0 aliphatic rings. The molecule has 7 heavy (non-hydrogen) atoms. The summed E-state index contributed by atoms with van der Waals surface area (Å²) in [7, 11) is 0. The van der Waals surface area contributed by atoms with Gasteiger partial charge >= 0.3 is 0 Å². The van der Waals surface area contributed by atoms with Crippen molar-refractivity contribution in [2.45, 2.75) is 6.92 Å². The normalized spacial score (nSPS) is 6.43. The fraction of sp³-hybridized carbons (Fsp3) is 0.250. The molecule has 0 saturated carbocycles. The topological polar surface area (TPSA) is 43.1 Å². The van der Waals surface area contributed by atoms with Crippen molar-refractivity contribution in [3.63, 3.8) is 0 Å². The molecule has 2 N–H and O–H groups in total. The number of carbonyl (C=O) groups is 1. The zero-order valence-electron chi connectivity index (χ0n) is 3.99. The smallest absolute Gasteiger partial charge is 0.243 e. The SMILES string of the molecule is C=C(C)C(N)=O.[Cu]. The summed E-state index contributed by atoms with van der Waals surface area (Å²) < 4.78 is 0. The second-order valence-electron chi connectivity index (χ2n) is 1.14. The number of amides is 1. The summed E-state index contributed by atoms with van der Waals surface area (Å²) in [5, 5.41) is 0. The first-order valence-corrected chi connectivity index (χ1v) is 1.60. The zero-order chi connectivity index (χ0) is 5.15. The van der Waals surface area contributed by atoms with E-state index in [2.05, 4.69) is 6.58 Å². The second-order valence-corrected chi connectivity index (χ2v) is 1.14. The Bertz CT molecular complexity index is 77.7. The van der Waals surface area contributed by atoms with E-state index < -0.39 is 5.91 Å². The summed E-state index contributed by atoms with van der Waals surface area (Å²) in [6, 6.07) is 0.